The van der Waals surface area contributed by atoms with E-state index in [2.05, 4.69) is 18.5 Å². The molecule has 0 heterocycles. The van der Waals surface area contributed by atoms with Crippen LogP contribution in [-0.2, 0) is 6.42 Å². The normalized spacial score (nSPS) is 12.7. The van der Waals surface area contributed by atoms with E-state index in [1.54, 1.807) is 17.8 Å². The number of halogens is 1. The molecule has 1 N–H and O–H groups in total. The molecule has 0 aromatic heterocycles. The molecule has 1 aromatic carbocycles. The number of thioether (sulfide) groups is 1. The van der Waals surface area contributed by atoms with Crippen LogP contribution in [0.25, 0.3) is 0 Å². The summed E-state index contributed by atoms with van der Waals surface area (Å²) in [6.07, 6.45) is 2.84. The molecule has 0 spiro atoms. The smallest absolute Gasteiger partial charge is 0.126 e. The largest absolute Gasteiger partial charge is 0.313 e. The molecule has 0 amide bonds. The Balaban J connectivity index is 2.60. The Labute approximate surface area is 95.5 Å². The van der Waals surface area contributed by atoms with Gasteiger partial charge in [-0.1, -0.05) is 25.1 Å². The zero-order chi connectivity index (χ0) is 11.1. The zero-order valence-corrected chi connectivity index (χ0v) is 10.1. The van der Waals surface area contributed by atoms with Gasteiger partial charge in [-0.05, 0) is 30.9 Å². The molecule has 1 unspecified atom stereocenters. The van der Waals surface area contributed by atoms with E-state index in [0.29, 0.717) is 6.04 Å². The predicted molar refractivity (Wildman–Crippen MR) is 66.0 cm³/mol. The van der Waals surface area contributed by atoms with E-state index < -0.39 is 0 Å². The highest BCUT2D eigenvalue weighted by Gasteiger charge is 2.10. The average Bonchev–Trinajstić information content (AvgIpc) is 2.22. The first-order valence-electron chi connectivity index (χ1n) is 5.23. The van der Waals surface area contributed by atoms with Crippen LogP contribution in [0, 0.1) is 5.82 Å². The van der Waals surface area contributed by atoms with Crippen LogP contribution in [0.1, 0.15) is 12.5 Å². The van der Waals surface area contributed by atoms with Gasteiger partial charge in [0, 0.05) is 11.8 Å². The third-order valence-corrected chi connectivity index (χ3v) is 3.02. The SMILES string of the molecule is CCNC(CSC)Cc1ccccc1F. The molecule has 0 saturated heterocycles. The zero-order valence-electron chi connectivity index (χ0n) is 9.29. The summed E-state index contributed by atoms with van der Waals surface area (Å²) in [4.78, 5) is 0. The molecule has 0 aliphatic heterocycles. The van der Waals surface area contributed by atoms with Crippen molar-refractivity contribution >= 4 is 11.8 Å². The third kappa shape index (κ3) is 4.22. The average molecular weight is 227 g/mol. The maximum Gasteiger partial charge on any atom is 0.126 e. The van der Waals surface area contributed by atoms with Crippen LogP contribution in [-0.4, -0.2) is 24.6 Å². The van der Waals surface area contributed by atoms with Gasteiger partial charge in [-0.25, -0.2) is 4.39 Å². The number of hydrogen-bond acceptors (Lipinski definition) is 2. The van der Waals surface area contributed by atoms with Gasteiger partial charge in [-0.2, -0.15) is 11.8 Å². The summed E-state index contributed by atoms with van der Waals surface area (Å²) in [5.41, 5.74) is 0.803. The van der Waals surface area contributed by atoms with Crippen molar-refractivity contribution in [1.82, 2.24) is 5.32 Å². The van der Waals surface area contributed by atoms with Crippen LogP contribution in [0.15, 0.2) is 24.3 Å². The minimum absolute atomic E-state index is 0.0958. The van der Waals surface area contributed by atoms with E-state index in [0.717, 1.165) is 24.3 Å². The first kappa shape index (κ1) is 12.5. The molecule has 3 heteroatoms. The van der Waals surface area contributed by atoms with E-state index >= 15 is 0 Å². The van der Waals surface area contributed by atoms with Crippen molar-refractivity contribution in [1.29, 1.82) is 0 Å². The standard InChI is InChI=1S/C12H18FNS/c1-3-14-11(9-15-2)8-10-6-4-5-7-12(10)13/h4-7,11,14H,3,8-9H2,1-2H3. The molecule has 0 saturated carbocycles. The second-order valence-corrected chi connectivity index (χ2v) is 4.42. The summed E-state index contributed by atoms with van der Waals surface area (Å²) >= 11 is 1.79. The summed E-state index contributed by atoms with van der Waals surface area (Å²) < 4.78 is 13.4. The van der Waals surface area contributed by atoms with E-state index in [4.69, 9.17) is 0 Å². The molecular formula is C12H18FNS. The molecule has 1 rings (SSSR count). The topological polar surface area (TPSA) is 12.0 Å². The lowest BCUT2D eigenvalue weighted by atomic mass is 10.1. The number of likely N-dealkylation sites (N-methyl/N-ethyl adjacent to an activating group) is 1. The van der Waals surface area contributed by atoms with Crippen molar-refractivity contribution in [3.63, 3.8) is 0 Å². The van der Waals surface area contributed by atoms with Gasteiger partial charge in [-0.3, -0.25) is 0 Å². The highest BCUT2D eigenvalue weighted by atomic mass is 32.2. The molecular weight excluding hydrogens is 209 g/mol. The van der Waals surface area contributed by atoms with Gasteiger partial charge in [-0.15, -0.1) is 0 Å². The van der Waals surface area contributed by atoms with E-state index in [-0.39, 0.29) is 5.82 Å². The van der Waals surface area contributed by atoms with Gasteiger partial charge < -0.3 is 5.32 Å². The molecule has 1 aromatic rings. The number of rotatable bonds is 6. The lowest BCUT2D eigenvalue weighted by molar-refractivity contribution is 0.545. The number of benzene rings is 1. The number of hydrogen-bond donors (Lipinski definition) is 1. The van der Waals surface area contributed by atoms with Crippen molar-refractivity contribution in [2.24, 2.45) is 0 Å². The van der Waals surface area contributed by atoms with Crippen molar-refractivity contribution < 1.29 is 4.39 Å². The van der Waals surface area contributed by atoms with Gasteiger partial charge >= 0.3 is 0 Å². The van der Waals surface area contributed by atoms with Crippen LogP contribution >= 0.6 is 11.8 Å². The third-order valence-electron chi connectivity index (χ3n) is 2.28. The molecule has 84 valence electrons. The molecule has 0 bridgehead atoms. The highest BCUT2D eigenvalue weighted by Crippen LogP contribution is 2.11. The summed E-state index contributed by atoms with van der Waals surface area (Å²) in [7, 11) is 0. The second kappa shape index (κ2) is 6.85. The maximum atomic E-state index is 13.4. The fraction of sp³-hybridized carbons (Fsp3) is 0.500. The fourth-order valence-electron chi connectivity index (χ4n) is 1.61. The van der Waals surface area contributed by atoms with Crippen LogP contribution in [0.5, 0.6) is 0 Å². The minimum Gasteiger partial charge on any atom is -0.313 e. The van der Waals surface area contributed by atoms with Gasteiger partial charge in [0.25, 0.3) is 0 Å². The second-order valence-electron chi connectivity index (χ2n) is 3.51. The minimum atomic E-state index is -0.0958. The quantitative estimate of drug-likeness (QED) is 0.802. The van der Waals surface area contributed by atoms with Gasteiger partial charge in [0.15, 0.2) is 0 Å². The van der Waals surface area contributed by atoms with E-state index in [1.807, 2.05) is 12.1 Å². The first-order valence-corrected chi connectivity index (χ1v) is 6.63. The Morgan fingerprint density at radius 3 is 2.73 bits per heavy atom. The van der Waals surface area contributed by atoms with Gasteiger partial charge in [0.05, 0.1) is 0 Å². The van der Waals surface area contributed by atoms with E-state index in [1.165, 1.54) is 6.07 Å². The Bertz CT molecular complexity index is 285. The van der Waals surface area contributed by atoms with Gasteiger partial charge in [0.2, 0.25) is 0 Å². The van der Waals surface area contributed by atoms with Crippen LogP contribution in [0.2, 0.25) is 0 Å². The fourth-order valence-corrected chi connectivity index (χ4v) is 2.25. The summed E-state index contributed by atoms with van der Waals surface area (Å²) in [6.45, 7) is 3.01. The summed E-state index contributed by atoms with van der Waals surface area (Å²) in [6, 6.07) is 7.37. The number of nitrogens with one attached hydrogen (secondary N) is 1. The molecule has 1 nitrogen and oxygen atoms in total. The lowest BCUT2D eigenvalue weighted by Crippen LogP contribution is -2.33. The summed E-state index contributed by atoms with van der Waals surface area (Å²) in [5.74, 6) is 0.920. The molecule has 0 aliphatic carbocycles. The maximum absolute atomic E-state index is 13.4. The molecule has 1 atom stereocenters. The Kier molecular flexibility index (Phi) is 5.73. The van der Waals surface area contributed by atoms with Crippen molar-refractivity contribution in [2.75, 3.05) is 18.6 Å². The Morgan fingerprint density at radius 2 is 2.13 bits per heavy atom. The Morgan fingerprint density at radius 1 is 1.40 bits per heavy atom. The molecule has 0 aliphatic rings. The predicted octanol–water partition coefficient (Wildman–Crippen LogP) is 2.71. The highest BCUT2D eigenvalue weighted by molar-refractivity contribution is 7.98. The first-order chi connectivity index (χ1) is 7.27. The molecule has 0 radical (unpaired) electrons. The van der Waals surface area contributed by atoms with Crippen molar-refractivity contribution in [3.05, 3.63) is 35.6 Å². The Hall–Kier alpha value is -0.540. The summed E-state index contributed by atoms with van der Waals surface area (Å²) in [5, 5.41) is 3.37. The van der Waals surface area contributed by atoms with Crippen molar-refractivity contribution in [3.8, 4) is 0 Å². The van der Waals surface area contributed by atoms with Crippen molar-refractivity contribution in [2.45, 2.75) is 19.4 Å². The van der Waals surface area contributed by atoms with Crippen LogP contribution in [0.3, 0.4) is 0 Å². The van der Waals surface area contributed by atoms with Crippen LogP contribution < -0.4 is 5.32 Å². The monoisotopic (exact) mass is 227 g/mol. The van der Waals surface area contributed by atoms with E-state index in [9.17, 15) is 4.39 Å². The molecule has 0 fully saturated rings. The lowest BCUT2D eigenvalue weighted by Gasteiger charge is -2.16. The van der Waals surface area contributed by atoms with Crippen LogP contribution in [0.4, 0.5) is 4.39 Å². The molecule has 15 heavy (non-hydrogen) atoms. The van der Waals surface area contributed by atoms with Gasteiger partial charge in [0.1, 0.15) is 5.82 Å².